The van der Waals surface area contributed by atoms with Crippen LogP contribution in [0, 0.1) is 0 Å². The van der Waals surface area contributed by atoms with Crippen molar-refractivity contribution in [2.24, 2.45) is 0 Å². The fourth-order valence-electron chi connectivity index (χ4n) is 10.5. The Kier molecular flexibility index (Phi) is 6.89. The van der Waals surface area contributed by atoms with E-state index in [1.807, 2.05) is 46.2 Å². The van der Waals surface area contributed by atoms with E-state index in [1.165, 1.54) is 137 Å². The molecule has 0 saturated heterocycles. The molecule has 2 aliphatic rings. The average Bonchev–Trinajstić information content (AvgIpc) is 3.87. The smallest absolute Gasteiger partial charge is 0.0616 e. The highest BCUT2D eigenvalue weighted by Crippen LogP contribution is 2.58. The zero-order chi connectivity index (χ0) is 40.2. The lowest BCUT2D eigenvalue weighted by atomic mass is 9.88. The Bertz CT molecular complexity index is 3800. The first-order valence-electron chi connectivity index (χ1n) is 20.9. The number of anilines is 6. The van der Waals surface area contributed by atoms with Crippen molar-refractivity contribution in [1.82, 2.24) is 0 Å². The van der Waals surface area contributed by atoms with Gasteiger partial charge in [0.15, 0.2) is 0 Å². The van der Waals surface area contributed by atoms with Crippen molar-refractivity contribution >= 4 is 164 Å². The van der Waals surface area contributed by atoms with Gasteiger partial charge in [-0.2, -0.15) is 0 Å². The number of thiophene rings is 2. The van der Waals surface area contributed by atoms with Crippen LogP contribution >= 0.6 is 46.2 Å². The maximum Gasteiger partial charge on any atom is 0.0616 e. The Balaban J connectivity index is 0.969. The van der Waals surface area contributed by atoms with Gasteiger partial charge in [0.05, 0.1) is 34.1 Å². The lowest BCUT2D eigenvalue weighted by Gasteiger charge is -2.34. The number of hydrogen-bond acceptors (Lipinski definition) is 6. The van der Waals surface area contributed by atoms with E-state index >= 15 is 0 Å². The van der Waals surface area contributed by atoms with Crippen LogP contribution < -0.4 is 9.80 Å². The van der Waals surface area contributed by atoms with Crippen molar-refractivity contribution in [1.29, 1.82) is 0 Å². The Morgan fingerprint density at radius 1 is 0.242 bits per heavy atom. The van der Waals surface area contributed by atoms with E-state index in [-0.39, 0.29) is 0 Å². The number of para-hydroxylation sites is 2. The molecule has 0 unspecified atom stereocenters. The molecule has 0 bridgehead atoms. The molecular weight excluding hydrogens is 829 g/mol. The third-order valence-electron chi connectivity index (χ3n) is 13.1. The molecule has 0 amide bonds. The molecule has 13 aromatic rings. The Hall–Kier alpha value is -6.54. The van der Waals surface area contributed by atoms with E-state index in [9.17, 15) is 0 Å². The molecule has 2 nitrogen and oxygen atoms in total. The van der Waals surface area contributed by atoms with Crippen LogP contribution in [0.25, 0.3) is 83.4 Å². The molecule has 0 fully saturated rings. The van der Waals surface area contributed by atoms with Crippen molar-refractivity contribution < 1.29 is 0 Å². The van der Waals surface area contributed by atoms with E-state index in [4.69, 9.17) is 0 Å². The molecule has 0 spiro atoms. The van der Waals surface area contributed by atoms with Gasteiger partial charge in [0.1, 0.15) is 0 Å². The quantitative estimate of drug-likeness (QED) is 0.126. The van der Waals surface area contributed by atoms with Crippen LogP contribution in [0.2, 0.25) is 0 Å². The number of benzene rings is 11. The normalized spacial score (nSPS) is 13.6. The van der Waals surface area contributed by atoms with Gasteiger partial charge in [-0.25, -0.2) is 0 Å². The summed E-state index contributed by atoms with van der Waals surface area (Å²) in [6.45, 7) is 0. The lowest BCUT2D eigenvalue weighted by Crippen LogP contribution is -2.15. The highest BCUT2D eigenvalue weighted by atomic mass is 32.2. The Morgan fingerprint density at radius 3 is 1.15 bits per heavy atom. The molecule has 4 heterocycles. The zero-order valence-corrected chi connectivity index (χ0v) is 36.1. The summed E-state index contributed by atoms with van der Waals surface area (Å²) in [6.07, 6.45) is 0. The zero-order valence-electron chi connectivity index (χ0n) is 32.8. The molecule has 11 aromatic carbocycles. The average molecular weight is 859 g/mol. The van der Waals surface area contributed by atoms with Gasteiger partial charge in [0.2, 0.25) is 0 Å². The molecule has 0 radical (unpaired) electrons. The minimum Gasteiger partial charge on any atom is -0.308 e. The van der Waals surface area contributed by atoms with E-state index in [2.05, 4.69) is 192 Å². The van der Waals surface area contributed by atoms with Crippen molar-refractivity contribution in [3.8, 4) is 0 Å². The molecule has 6 heteroatoms. The lowest BCUT2D eigenvalue weighted by molar-refractivity contribution is 1.18. The summed E-state index contributed by atoms with van der Waals surface area (Å²) < 4.78 is 5.30. The first-order valence-corrected chi connectivity index (χ1v) is 24.2. The van der Waals surface area contributed by atoms with Gasteiger partial charge in [-0.3, -0.25) is 0 Å². The van der Waals surface area contributed by atoms with Gasteiger partial charge < -0.3 is 9.80 Å². The molecular formula is C56H30N2S4. The van der Waals surface area contributed by atoms with Crippen LogP contribution in [-0.2, 0) is 0 Å². The number of hydrogen-bond donors (Lipinski definition) is 0. The van der Waals surface area contributed by atoms with Gasteiger partial charge in [-0.15, -0.1) is 22.7 Å². The van der Waals surface area contributed by atoms with Crippen molar-refractivity contribution in [2.45, 2.75) is 19.6 Å². The van der Waals surface area contributed by atoms with Crippen LogP contribution in [0.3, 0.4) is 0 Å². The molecule has 0 saturated carbocycles. The third kappa shape index (κ3) is 4.57. The number of fused-ring (bicyclic) bond motifs is 12. The summed E-state index contributed by atoms with van der Waals surface area (Å²) in [6, 6.07) is 68.6. The predicted octanol–water partition coefficient (Wildman–Crippen LogP) is 18.3. The van der Waals surface area contributed by atoms with Crippen molar-refractivity contribution in [2.75, 3.05) is 9.80 Å². The fraction of sp³-hybridized carbons (Fsp3) is 0. The third-order valence-corrected chi connectivity index (χ3v) is 17.6. The van der Waals surface area contributed by atoms with Crippen LogP contribution in [-0.4, -0.2) is 0 Å². The molecule has 62 heavy (non-hydrogen) atoms. The second-order valence-electron chi connectivity index (χ2n) is 16.4. The van der Waals surface area contributed by atoms with Crippen molar-refractivity contribution in [3.63, 3.8) is 0 Å². The Morgan fingerprint density at radius 2 is 0.645 bits per heavy atom. The fourth-order valence-corrected chi connectivity index (χ4v) is 14.9. The maximum absolute atomic E-state index is 2.53. The minimum absolute atomic E-state index is 1.21. The van der Waals surface area contributed by atoms with Gasteiger partial charge >= 0.3 is 0 Å². The largest absolute Gasteiger partial charge is 0.308 e. The van der Waals surface area contributed by atoms with E-state index < -0.39 is 0 Å². The standard InChI is InChI=1S/C56H30N2S4/c1-5-19-47-31(11-1)39-27-53-45(29-51(39)59-47)57(43-17-3-7-21-49(43)61-53)41-25-23-35-34-14-10-16-38-42(26-24-36(56(34)38)33-13-9-15-37(41)55(33)35)58-44-18-4-8-22-50(44)62-54-28-40-32-12-2-6-20-48(32)60-52(40)30-46(54)58/h1-30H. The second kappa shape index (κ2) is 12.5. The topological polar surface area (TPSA) is 6.48 Å². The van der Waals surface area contributed by atoms with Gasteiger partial charge in [0, 0.05) is 70.7 Å². The Labute approximate surface area is 372 Å². The number of nitrogens with zero attached hydrogens (tertiary/aromatic N) is 2. The van der Waals surface area contributed by atoms with E-state index in [0.717, 1.165) is 0 Å². The van der Waals surface area contributed by atoms with E-state index in [0.29, 0.717) is 0 Å². The predicted molar refractivity (Wildman–Crippen MR) is 271 cm³/mol. The second-order valence-corrected chi connectivity index (χ2v) is 20.7. The van der Waals surface area contributed by atoms with Crippen LogP contribution in [0.1, 0.15) is 0 Å². The first-order chi connectivity index (χ1) is 30.7. The summed E-state index contributed by atoms with van der Waals surface area (Å²) in [5, 5.41) is 15.6. The van der Waals surface area contributed by atoms with Crippen molar-refractivity contribution in [3.05, 3.63) is 182 Å². The summed E-state index contributed by atoms with van der Waals surface area (Å²) >= 11 is 7.55. The molecule has 15 rings (SSSR count). The van der Waals surface area contributed by atoms with Gasteiger partial charge in [-0.05, 0) is 105 Å². The summed E-state index contributed by atoms with van der Waals surface area (Å²) in [5.74, 6) is 0. The van der Waals surface area contributed by atoms with Gasteiger partial charge in [0.25, 0.3) is 0 Å². The SMILES string of the molecule is c1ccc2c(c1)Sc1cc3c(cc1N2c1ccc2c4cccc5c(N6c7ccccc7Sc7cc8c(cc76)sc6ccccc68)ccc(c6cccc1c62)c54)sc1ccccc13. The maximum atomic E-state index is 2.53. The summed E-state index contributed by atoms with van der Waals surface area (Å²) in [5.41, 5.74) is 7.34. The molecule has 2 aliphatic heterocycles. The number of rotatable bonds is 2. The highest BCUT2D eigenvalue weighted by molar-refractivity contribution is 8.00. The molecule has 0 atom stereocenters. The van der Waals surface area contributed by atoms with Gasteiger partial charge in [-0.1, -0.05) is 133 Å². The summed E-state index contributed by atoms with van der Waals surface area (Å²) in [4.78, 5) is 10.2. The van der Waals surface area contributed by atoms with Crippen LogP contribution in [0.5, 0.6) is 0 Å². The molecule has 288 valence electrons. The minimum atomic E-state index is 1.21. The van der Waals surface area contributed by atoms with E-state index in [1.54, 1.807) is 0 Å². The van der Waals surface area contributed by atoms with Crippen LogP contribution in [0.4, 0.5) is 34.1 Å². The van der Waals surface area contributed by atoms with Crippen LogP contribution in [0.15, 0.2) is 202 Å². The monoisotopic (exact) mass is 858 g/mol. The summed E-state index contributed by atoms with van der Waals surface area (Å²) in [7, 11) is 0. The highest BCUT2D eigenvalue weighted by Gasteiger charge is 2.30. The molecule has 0 N–H and O–H groups in total. The first kappa shape index (κ1) is 34.1. The molecule has 2 aromatic heterocycles. The molecule has 0 aliphatic carbocycles.